The highest BCUT2D eigenvalue weighted by Gasteiger charge is 2.13. The maximum atomic E-state index is 12.3. The van der Waals surface area contributed by atoms with Crippen LogP contribution in [0.4, 0.5) is 0 Å². The Labute approximate surface area is 149 Å². The number of esters is 1. The van der Waals surface area contributed by atoms with E-state index in [-0.39, 0.29) is 18.3 Å². The molecule has 0 radical (unpaired) electrons. The molecule has 0 amide bonds. The number of aromatic nitrogens is 1. The Morgan fingerprint density at radius 3 is 2.35 bits per heavy atom. The molecule has 0 bridgehead atoms. The van der Waals surface area contributed by atoms with Gasteiger partial charge in [0.1, 0.15) is 5.75 Å². The minimum Gasteiger partial charge on any atom is -0.493 e. The molecule has 0 atom stereocenters. The first-order valence-electron chi connectivity index (χ1n) is 7.93. The Morgan fingerprint density at radius 1 is 1.08 bits per heavy atom. The standard InChI is InChI=1S/C19H17NO6/c1-4-17(21)25-12-7-5-11(6-8-12)18-20-14-10-16(24-3)15(23-2)9-13(14)19(22)26-18/h5-10H,4H2,1-3H3. The molecule has 0 saturated carbocycles. The molecular weight excluding hydrogens is 338 g/mol. The lowest BCUT2D eigenvalue weighted by atomic mass is 10.2. The third-order valence-corrected chi connectivity index (χ3v) is 3.75. The Morgan fingerprint density at radius 2 is 1.73 bits per heavy atom. The molecule has 0 saturated heterocycles. The minimum absolute atomic E-state index is 0.156. The van der Waals surface area contributed by atoms with E-state index in [1.807, 2.05) is 0 Å². The topological polar surface area (TPSA) is 87.9 Å². The van der Waals surface area contributed by atoms with Crippen molar-refractivity contribution in [2.24, 2.45) is 0 Å². The minimum atomic E-state index is -0.535. The van der Waals surface area contributed by atoms with E-state index in [2.05, 4.69) is 4.98 Å². The number of ether oxygens (including phenoxy) is 3. The smallest absolute Gasteiger partial charge is 0.347 e. The predicted octanol–water partition coefficient (Wildman–Crippen LogP) is 3.19. The lowest BCUT2D eigenvalue weighted by Gasteiger charge is -2.09. The number of benzene rings is 2. The number of rotatable bonds is 5. The zero-order valence-electron chi connectivity index (χ0n) is 14.6. The van der Waals surface area contributed by atoms with Crippen molar-refractivity contribution in [1.82, 2.24) is 4.98 Å². The van der Waals surface area contributed by atoms with E-state index in [0.29, 0.717) is 33.7 Å². The normalized spacial score (nSPS) is 10.6. The molecule has 7 heteroatoms. The molecule has 3 aromatic rings. The molecule has 7 nitrogen and oxygen atoms in total. The van der Waals surface area contributed by atoms with E-state index >= 15 is 0 Å². The largest absolute Gasteiger partial charge is 0.493 e. The second-order valence-corrected chi connectivity index (χ2v) is 5.38. The Bertz CT molecular complexity index is 1010. The molecule has 0 N–H and O–H groups in total. The molecule has 0 aliphatic heterocycles. The van der Waals surface area contributed by atoms with Crippen molar-refractivity contribution >= 4 is 16.9 Å². The van der Waals surface area contributed by atoms with Crippen LogP contribution in [0.5, 0.6) is 17.2 Å². The highest BCUT2D eigenvalue weighted by molar-refractivity contribution is 5.82. The number of methoxy groups -OCH3 is 2. The molecule has 1 aromatic heterocycles. The lowest BCUT2D eigenvalue weighted by molar-refractivity contribution is -0.134. The first kappa shape index (κ1) is 17.5. The summed E-state index contributed by atoms with van der Waals surface area (Å²) in [5.74, 6) is 1.13. The maximum Gasteiger partial charge on any atom is 0.347 e. The van der Waals surface area contributed by atoms with Crippen molar-refractivity contribution in [3.63, 3.8) is 0 Å². The van der Waals surface area contributed by atoms with Gasteiger partial charge in [-0.05, 0) is 24.3 Å². The Balaban J connectivity index is 2.03. The number of hydrogen-bond acceptors (Lipinski definition) is 7. The Hall–Kier alpha value is -3.35. The van der Waals surface area contributed by atoms with Gasteiger partial charge >= 0.3 is 11.6 Å². The fourth-order valence-corrected chi connectivity index (χ4v) is 2.39. The van der Waals surface area contributed by atoms with E-state index in [9.17, 15) is 9.59 Å². The summed E-state index contributed by atoms with van der Waals surface area (Å²) in [7, 11) is 2.99. The summed E-state index contributed by atoms with van der Waals surface area (Å²) in [5.41, 5.74) is 0.470. The van der Waals surface area contributed by atoms with Crippen molar-refractivity contribution in [3.05, 3.63) is 46.8 Å². The van der Waals surface area contributed by atoms with Gasteiger partial charge in [0.15, 0.2) is 11.5 Å². The van der Waals surface area contributed by atoms with Gasteiger partial charge in [0, 0.05) is 24.1 Å². The fraction of sp³-hybridized carbons (Fsp3) is 0.211. The van der Waals surface area contributed by atoms with Gasteiger partial charge in [-0.2, -0.15) is 0 Å². The van der Waals surface area contributed by atoms with Crippen LogP contribution < -0.4 is 19.8 Å². The van der Waals surface area contributed by atoms with Crippen LogP contribution in [0.2, 0.25) is 0 Å². The first-order valence-corrected chi connectivity index (χ1v) is 7.93. The summed E-state index contributed by atoms with van der Waals surface area (Å²) in [6.45, 7) is 1.72. The third-order valence-electron chi connectivity index (χ3n) is 3.75. The van der Waals surface area contributed by atoms with Crippen LogP contribution in [0.3, 0.4) is 0 Å². The van der Waals surface area contributed by atoms with Crippen LogP contribution in [0, 0.1) is 0 Å². The van der Waals surface area contributed by atoms with Crippen molar-refractivity contribution < 1.29 is 23.4 Å². The quantitative estimate of drug-likeness (QED) is 0.513. The van der Waals surface area contributed by atoms with E-state index < -0.39 is 5.63 Å². The van der Waals surface area contributed by atoms with Gasteiger partial charge in [-0.3, -0.25) is 4.79 Å². The predicted molar refractivity (Wildman–Crippen MR) is 94.7 cm³/mol. The van der Waals surface area contributed by atoms with E-state index in [1.54, 1.807) is 37.3 Å². The average molecular weight is 355 g/mol. The molecular formula is C19H17NO6. The van der Waals surface area contributed by atoms with Crippen LogP contribution in [0.15, 0.2) is 45.6 Å². The summed E-state index contributed by atoms with van der Waals surface area (Å²) in [4.78, 5) is 28.0. The molecule has 0 unspecified atom stereocenters. The lowest BCUT2D eigenvalue weighted by Crippen LogP contribution is -2.05. The highest BCUT2D eigenvalue weighted by atomic mass is 16.5. The number of nitrogens with zero attached hydrogens (tertiary/aromatic N) is 1. The van der Waals surface area contributed by atoms with Crippen LogP contribution in [0.1, 0.15) is 13.3 Å². The summed E-state index contributed by atoms with van der Waals surface area (Å²) in [6, 6.07) is 9.70. The maximum absolute atomic E-state index is 12.3. The van der Waals surface area contributed by atoms with E-state index in [4.69, 9.17) is 18.6 Å². The second kappa shape index (κ2) is 7.26. The molecule has 0 spiro atoms. The molecule has 0 aliphatic carbocycles. The molecule has 134 valence electrons. The van der Waals surface area contributed by atoms with Crippen molar-refractivity contribution in [2.45, 2.75) is 13.3 Å². The van der Waals surface area contributed by atoms with Gasteiger partial charge in [-0.1, -0.05) is 6.92 Å². The highest BCUT2D eigenvalue weighted by Crippen LogP contribution is 2.31. The van der Waals surface area contributed by atoms with Crippen LogP contribution in [-0.2, 0) is 4.79 Å². The van der Waals surface area contributed by atoms with Gasteiger partial charge in [0.05, 0.1) is 25.1 Å². The van der Waals surface area contributed by atoms with Crippen LogP contribution >= 0.6 is 0 Å². The summed E-state index contributed by atoms with van der Waals surface area (Å²) < 4.78 is 20.9. The number of carbonyl (C=O) groups is 1. The van der Waals surface area contributed by atoms with E-state index in [0.717, 1.165) is 0 Å². The third kappa shape index (κ3) is 3.37. The zero-order chi connectivity index (χ0) is 18.7. The molecule has 0 aliphatic rings. The van der Waals surface area contributed by atoms with Gasteiger partial charge < -0.3 is 18.6 Å². The van der Waals surface area contributed by atoms with Gasteiger partial charge in [-0.15, -0.1) is 0 Å². The molecule has 0 fully saturated rings. The molecule has 26 heavy (non-hydrogen) atoms. The van der Waals surface area contributed by atoms with Crippen LogP contribution in [-0.4, -0.2) is 25.2 Å². The zero-order valence-corrected chi connectivity index (χ0v) is 14.6. The number of fused-ring (bicyclic) bond motifs is 1. The molecule has 2 aromatic carbocycles. The van der Waals surface area contributed by atoms with Crippen molar-refractivity contribution in [1.29, 1.82) is 0 Å². The summed E-state index contributed by atoms with van der Waals surface area (Å²) >= 11 is 0. The van der Waals surface area contributed by atoms with Crippen LogP contribution in [0.25, 0.3) is 22.4 Å². The summed E-state index contributed by atoms with van der Waals surface area (Å²) in [5, 5.41) is 0.292. The van der Waals surface area contributed by atoms with Gasteiger partial charge in [0.25, 0.3) is 0 Å². The van der Waals surface area contributed by atoms with Gasteiger partial charge in [-0.25, -0.2) is 9.78 Å². The second-order valence-electron chi connectivity index (χ2n) is 5.38. The SMILES string of the molecule is CCC(=O)Oc1ccc(-c2nc3cc(OC)c(OC)cc3c(=O)o2)cc1. The fourth-order valence-electron chi connectivity index (χ4n) is 2.39. The van der Waals surface area contributed by atoms with E-state index in [1.165, 1.54) is 20.3 Å². The van der Waals surface area contributed by atoms with Crippen molar-refractivity contribution in [3.8, 4) is 28.7 Å². The molecule has 3 rings (SSSR count). The molecule has 1 heterocycles. The van der Waals surface area contributed by atoms with Crippen molar-refractivity contribution in [2.75, 3.05) is 14.2 Å². The average Bonchev–Trinajstić information content (AvgIpc) is 2.67. The summed E-state index contributed by atoms with van der Waals surface area (Å²) in [6.07, 6.45) is 0.286. The first-order chi connectivity index (χ1) is 12.5. The monoisotopic (exact) mass is 355 g/mol. The number of hydrogen-bond donors (Lipinski definition) is 0. The number of carbonyl (C=O) groups excluding carboxylic acids is 1. The van der Waals surface area contributed by atoms with Gasteiger partial charge in [0.2, 0.25) is 5.89 Å². The Kier molecular flexibility index (Phi) is 4.88.